The van der Waals surface area contributed by atoms with Gasteiger partial charge in [0.25, 0.3) is 0 Å². The highest BCUT2D eigenvalue weighted by molar-refractivity contribution is 9.10. The van der Waals surface area contributed by atoms with Gasteiger partial charge in [0, 0.05) is 15.4 Å². The number of unbranched alkanes of at least 4 members (excludes halogenated alkanes) is 3. The molecular formula is C11H18BrNS. The lowest BCUT2D eigenvalue weighted by atomic mass is 10.1. The van der Waals surface area contributed by atoms with Crippen LogP contribution in [0.3, 0.4) is 0 Å². The first-order valence-corrected chi connectivity index (χ1v) is 6.91. The number of halogens is 1. The third-order valence-corrected chi connectivity index (χ3v) is 4.35. The van der Waals surface area contributed by atoms with Crippen molar-refractivity contribution in [1.82, 2.24) is 0 Å². The molecule has 0 aliphatic rings. The summed E-state index contributed by atoms with van der Waals surface area (Å²) >= 11 is 5.27. The molecule has 1 aromatic heterocycles. The summed E-state index contributed by atoms with van der Waals surface area (Å²) in [5.41, 5.74) is 6.10. The van der Waals surface area contributed by atoms with Crippen LogP contribution in [-0.4, -0.2) is 0 Å². The fraction of sp³-hybridized carbons (Fsp3) is 0.636. The molecule has 1 rings (SSSR count). The SMILES string of the molecule is CCCCCCC(N)c1sccc1Br. The molecule has 1 heterocycles. The van der Waals surface area contributed by atoms with E-state index in [1.54, 1.807) is 11.3 Å². The summed E-state index contributed by atoms with van der Waals surface area (Å²) in [6, 6.07) is 2.30. The van der Waals surface area contributed by atoms with Crippen LogP contribution in [0.5, 0.6) is 0 Å². The van der Waals surface area contributed by atoms with Gasteiger partial charge in [0.1, 0.15) is 0 Å². The molecule has 1 unspecified atom stereocenters. The number of hydrogen-bond acceptors (Lipinski definition) is 2. The average Bonchev–Trinajstić information content (AvgIpc) is 2.59. The Balaban J connectivity index is 2.28. The van der Waals surface area contributed by atoms with E-state index in [4.69, 9.17) is 5.73 Å². The monoisotopic (exact) mass is 275 g/mol. The lowest BCUT2D eigenvalue weighted by Gasteiger charge is -2.09. The first-order valence-electron chi connectivity index (χ1n) is 5.24. The molecule has 1 aromatic rings. The van der Waals surface area contributed by atoms with E-state index >= 15 is 0 Å². The number of hydrogen-bond donors (Lipinski definition) is 1. The molecule has 0 saturated carbocycles. The molecule has 0 bridgehead atoms. The van der Waals surface area contributed by atoms with Gasteiger partial charge in [0.05, 0.1) is 0 Å². The van der Waals surface area contributed by atoms with Crippen LogP contribution >= 0.6 is 27.3 Å². The molecule has 80 valence electrons. The predicted octanol–water partition coefficient (Wildman–Crippen LogP) is 4.48. The van der Waals surface area contributed by atoms with Crippen LogP contribution in [0.2, 0.25) is 0 Å². The largest absolute Gasteiger partial charge is 0.323 e. The van der Waals surface area contributed by atoms with Crippen molar-refractivity contribution in [2.24, 2.45) is 5.73 Å². The van der Waals surface area contributed by atoms with E-state index in [0.717, 1.165) is 6.42 Å². The van der Waals surface area contributed by atoms with Gasteiger partial charge >= 0.3 is 0 Å². The second-order valence-electron chi connectivity index (χ2n) is 3.59. The van der Waals surface area contributed by atoms with Crippen LogP contribution in [0.1, 0.15) is 49.9 Å². The number of thiophene rings is 1. The molecule has 0 amide bonds. The predicted molar refractivity (Wildman–Crippen MR) is 67.7 cm³/mol. The summed E-state index contributed by atoms with van der Waals surface area (Å²) in [5, 5.41) is 2.09. The minimum absolute atomic E-state index is 0.223. The van der Waals surface area contributed by atoms with E-state index in [1.165, 1.54) is 35.0 Å². The van der Waals surface area contributed by atoms with Gasteiger partial charge < -0.3 is 5.73 Å². The fourth-order valence-corrected chi connectivity index (χ4v) is 3.20. The standard InChI is InChI=1S/C11H18BrNS/c1-2-3-4-5-6-10(13)11-9(12)7-8-14-11/h7-8,10H,2-6,13H2,1H3. The van der Waals surface area contributed by atoms with Gasteiger partial charge in [-0.1, -0.05) is 32.6 Å². The quantitative estimate of drug-likeness (QED) is 0.762. The molecule has 3 heteroatoms. The third kappa shape index (κ3) is 3.71. The van der Waals surface area contributed by atoms with Crippen molar-refractivity contribution in [1.29, 1.82) is 0 Å². The van der Waals surface area contributed by atoms with E-state index < -0.39 is 0 Å². The molecule has 0 aliphatic carbocycles. The molecule has 0 spiro atoms. The highest BCUT2D eigenvalue weighted by Gasteiger charge is 2.10. The average molecular weight is 276 g/mol. The lowest BCUT2D eigenvalue weighted by molar-refractivity contribution is 0.570. The Morgan fingerprint density at radius 1 is 1.43 bits per heavy atom. The Hall–Kier alpha value is 0.140. The minimum atomic E-state index is 0.223. The summed E-state index contributed by atoms with van der Waals surface area (Å²) < 4.78 is 1.17. The van der Waals surface area contributed by atoms with Crippen molar-refractivity contribution >= 4 is 27.3 Å². The molecule has 1 atom stereocenters. The molecule has 0 radical (unpaired) electrons. The van der Waals surface area contributed by atoms with Crippen LogP contribution in [0, 0.1) is 0 Å². The van der Waals surface area contributed by atoms with E-state index in [9.17, 15) is 0 Å². The van der Waals surface area contributed by atoms with Gasteiger partial charge in [-0.2, -0.15) is 0 Å². The van der Waals surface area contributed by atoms with Crippen LogP contribution in [0.15, 0.2) is 15.9 Å². The first kappa shape index (κ1) is 12.2. The molecule has 2 N–H and O–H groups in total. The molecule has 0 aliphatic heterocycles. The van der Waals surface area contributed by atoms with Gasteiger partial charge in [-0.3, -0.25) is 0 Å². The highest BCUT2D eigenvalue weighted by atomic mass is 79.9. The molecule has 0 fully saturated rings. The van der Waals surface area contributed by atoms with Crippen LogP contribution in [0.25, 0.3) is 0 Å². The van der Waals surface area contributed by atoms with Crippen molar-refractivity contribution < 1.29 is 0 Å². The summed E-state index contributed by atoms with van der Waals surface area (Å²) in [4.78, 5) is 1.29. The zero-order valence-electron chi connectivity index (χ0n) is 8.63. The second-order valence-corrected chi connectivity index (χ2v) is 5.39. The number of rotatable bonds is 6. The van der Waals surface area contributed by atoms with E-state index in [-0.39, 0.29) is 6.04 Å². The van der Waals surface area contributed by atoms with Crippen LogP contribution in [-0.2, 0) is 0 Å². The van der Waals surface area contributed by atoms with Gasteiger partial charge in [-0.15, -0.1) is 11.3 Å². The van der Waals surface area contributed by atoms with E-state index in [2.05, 4.69) is 34.3 Å². The van der Waals surface area contributed by atoms with Crippen LogP contribution in [0.4, 0.5) is 0 Å². The van der Waals surface area contributed by atoms with Crippen molar-refractivity contribution in [3.63, 3.8) is 0 Å². The van der Waals surface area contributed by atoms with Gasteiger partial charge in [-0.05, 0) is 33.8 Å². The molecule has 14 heavy (non-hydrogen) atoms. The molecular weight excluding hydrogens is 258 g/mol. The zero-order valence-corrected chi connectivity index (χ0v) is 11.0. The van der Waals surface area contributed by atoms with Crippen molar-refractivity contribution in [2.75, 3.05) is 0 Å². The molecule has 1 nitrogen and oxygen atoms in total. The van der Waals surface area contributed by atoms with Gasteiger partial charge in [-0.25, -0.2) is 0 Å². The summed E-state index contributed by atoms with van der Waals surface area (Å²) in [7, 11) is 0. The maximum Gasteiger partial charge on any atom is 0.0401 e. The Labute approximate surface area is 98.8 Å². The van der Waals surface area contributed by atoms with Gasteiger partial charge in [0.2, 0.25) is 0 Å². The maximum absolute atomic E-state index is 6.10. The van der Waals surface area contributed by atoms with Crippen LogP contribution < -0.4 is 5.73 Å². The van der Waals surface area contributed by atoms with E-state index in [0.29, 0.717) is 0 Å². The summed E-state index contributed by atoms with van der Waals surface area (Å²) in [5.74, 6) is 0. The Bertz CT molecular complexity index is 260. The Morgan fingerprint density at radius 2 is 2.21 bits per heavy atom. The Morgan fingerprint density at radius 3 is 2.79 bits per heavy atom. The first-order chi connectivity index (χ1) is 6.75. The maximum atomic E-state index is 6.10. The minimum Gasteiger partial charge on any atom is -0.323 e. The van der Waals surface area contributed by atoms with Crippen molar-refractivity contribution in [3.8, 4) is 0 Å². The second kappa shape index (κ2) is 6.59. The third-order valence-electron chi connectivity index (χ3n) is 2.35. The molecule has 0 saturated heterocycles. The lowest BCUT2D eigenvalue weighted by Crippen LogP contribution is -2.08. The zero-order chi connectivity index (χ0) is 10.4. The van der Waals surface area contributed by atoms with E-state index in [1.807, 2.05) is 0 Å². The molecule has 0 aromatic carbocycles. The topological polar surface area (TPSA) is 26.0 Å². The van der Waals surface area contributed by atoms with Crippen molar-refractivity contribution in [2.45, 2.75) is 45.1 Å². The van der Waals surface area contributed by atoms with Gasteiger partial charge in [0.15, 0.2) is 0 Å². The summed E-state index contributed by atoms with van der Waals surface area (Å²) in [6.45, 7) is 2.23. The summed E-state index contributed by atoms with van der Waals surface area (Å²) in [6.07, 6.45) is 6.29. The fourth-order valence-electron chi connectivity index (χ4n) is 1.49. The highest BCUT2D eigenvalue weighted by Crippen LogP contribution is 2.30. The Kier molecular flexibility index (Phi) is 5.75. The smallest absolute Gasteiger partial charge is 0.0401 e. The van der Waals surface area contributed by atoms with Crippen molar-refractivity contribution in [3.05, 3.63) is 20.8 Å². The number of nitrogens with two attached hydrogens (primary N) is 1. The normalized spacial score (nSPS) is 13.1.